The smallest absolute Gasteiger partial charge is 0.0721 e. The lowest BCUT2D eigenvalue weighted by molar-refractivity contribution is 0.107. The van der Waals surface area contributed by atoms with Crippen LogP contribution in [0.4, 0.5) is 0 Å². The molecule has 0 fully saturated rings. The SMILES string of the molecule is CN=Cc1cc(C=NC)cc(COCc2ccccc2)c1. The summed E-state index contributed by atoms with van der Waals surface area (Å²) in [6.45, 7) is 1.19. The van der Waals surface area contributed by atoms with Crippen molar-refractivity contribution in [2.24, 2.45) is 9.98 Å². The Morgan fingerprint density at radius 1 is 0.810 bits per heavy atom. The summed E-state index contributed by atoms with van der Waals surface area (Å²) < 4.78 is 5.78. The number of benzene rings is 2. The molecule has 0 bridgehead atoms. The Labute approximate surface area is 126 Å². The van der Waals surface area contributed by atoms with E-state index in [0.717, 1.165) is 16.7 Å². The Kier molecular flexibility index (Phi) is 5.85. The average molecular weight is 280 g/mol. The van der Waals surface area contributed by atoms with E-state index >= 15 is 0 Å². The highest BCUT2D eigenvalue weighted by atomic mass is 16.5. The Morgan fingerprint density at radius 2 is 1.38 bits per heavy atom. The molecule has 0 unspecified atom stereocenters. The summed E-state index contributed by atoms with van der Waals surface area (Å²) in [6, 6.07) is 16.4. The van der Waals surface area contributed by atoms with E-state index in [9.17, 15) is 0 Å². The molecule has 21 heavy (non-hydrogen) atoms. The first-order chi connectivity index (χ1) is 10.3. The summed E-state index contributed by atoms with van der Waals surface area (Å²) in [6.07, 6.45) is 3.68. The van der Waals surface area contributed by atoms with Crippen molar-refractivity contribution >= 4 is 12.4 Å². The molecule has 2 aromatic rings. The van der Waals surface area contributed by atoms with Gasteiger partial charge in [-0.2, -0.15) is 0 Å². The Hall–Kier alpha value is -2.26. The first-order valence-corrected chi connectivity index (χ1v) is 6.92. The number of aliphatic imine (C=N–C) groups is 2. The van der Waals surface area contributed by atoms with Crippen molar-refractivity contribution in [2.45, 2.75) is 13.2 Å². The van der Waals surface area contributed by atoms with Crippen molar-refractivity contribution in [1.29, 1.82) is 0 Å². The molecule has 0 atom stereocenters. The van der Waals surface area contributed by atoms with Gasteiger partial charge in [0.2, 0.25) is 0 Å². The molecule has 3 nitrogen and oxygen atoms in total. The van der Waals surface area contributed by atoms with E-state index < -0.39 is 0 Å². The van der Waals surface area contributed by atoms with Crippen LogP contribution in [-0.2, 0) is 18.0 Å². The van der Waals surface area contributed by atoms with Gasteiger partial charge in [-0.25, -0.2) is 0 Å². The summed E-state index contributed by atoms with van der Waals surface area (Å²) in [5.74, 6) is 0. The highest BCUT2D eigenvalue weighted by molar-refractivity contribution is 5.86. The molecule has 0 saturated heterocycles. The topological polar surface area (TPSA) is 34.0 Å². The van der Waals surface area contributed by atoms with Gasteiger partial charge in [0.05, 0.1) is 13.2 Å². The predicted molar refractivity (Wildman–Crippen MR) is 88.4 cm³/mol. The third-order valence-electron chi connectivity index (χ3n) is 2.97. The van der Waals surface area contributed by atoms with Gasteiger partial charge in [0.25, 0.3) is 0 Å². The summed E-state index contributed by atoms with van der Waals surface area (Å²) >= 11 is 0. The van der Waals surface area contributed by atoms with Crippen molar-refractivity contribution < 1.29 is 4.74 Å². The van der Waals surface area contributed by atoms with Crippen molar-refractivity contribution in [1.82, 2.24) is 0 Å². The zero-order valence-electron chi connectivity index (χ0n) is 12.5. The van der Waals surface area contributed by atoms with Crippen LogP contribution in [0.5, 0.6) is 0 Å². The van der Waals surface area contributed by atoms with Crippen LogP contribution < -0.4 is 0 Å². The minimum Gasteiger partial charge on any atom is -0.372 e. The van der Waals surface area contributed by atoms with Crippen LogP contribution in [0.25, 0.3) is 0 Å². The van der Waals surface area contributed by atoms with E-state index in [0.29, 0.717) is 13.2 Å². The predicted octanol–water partition coefficient (Wildman–Crippen LogP) is 3.50. The van der Waals surface area contributed by atoms with Crippen LogP contribution in [0.15, 0.2) is 58.5 Å². The molecular weight excluding hydrogens is 260 g/mol. The molecule has 0 N–H and O–H groups in total. The molecule has 0 saturated carbocycles. The van der Waals surface area contributed by atoms with Crippen molar-refractivity contribution in [2.75, 3.05) is 14.1 Å². The second-order valence-corrected chi connectivity index (χ2v) is 4.76. The number of ether oxygens (including phenoxy) is 1. The Morgan fingerprint density at radius 3 is 1.95 bits per heavy atom. The third kappa shape index (κ3) is 4.97. The van der Waals surface area contributed by atoms with Gasteiger partial charge in [-0.15, -0.1) is 0 Å². The molecule has 0 aliphatic carbocycles. The largest absolute Gasteiger partial charge is 0.372 e. The lowest BCUT2D eigenvalue weighted by Gasteiger charge is -2.07. The van der Waals surface area contributed by atoms with E-state index in [4.69, 9.17) is 4.74 Å². The van der Waals surface area contributed by atoms with Crippen LogP contribution in [0.2, 0.25) is 0 Å². The van der Waals surface area contributed by atoms with Crippen molar-refractivity contribution in [3.63, 3.8) is 0 Å². The zero-order chi connectivity index (χ0) is 14.9. The van der Waals surface area contributed by atoms with Crippen LogP contribution in [0, 0.1) is 0 Å². The van der Waals surface area contributed by atoms with Gasteiger partial charge in [-0.1, -0.05) is 30.3 Å². The maximum Gasteiger partial charge on any atom is 0.0721 e. The summed E-state index contributed by atoms with van der Waals surface area (Å²) in [7, 11) is 3.54. The summed E-state index contributed by atoms with van der Waals surface area (Å²) in [4.78, 5) is 8.13. The molecule has 0 amide bonds. The van der Waals surface area contributed by atoms with E-state index in [1.807, 2.05) is 30.6 Å². The molecule has 0 spiro atoms. The van der Waals surface area contributed by atoms with Crippen molar-refractivity contribution in [3.8, 4) is 0 Å². The first-order valence-electron chi connectivity index (χ1n) is 6.92. The van der Waals surface area contributed by atoms with Crippen LogP contribution in [0.3, 0.4) is 0 Å². The molecule has 3 heteroatoms. The van der Waals surface area contributed by atoms with Crippen molar-refractivity contribution in [3.05, 3.63) is 70.8 Å². The van der Waals surface area contributed by atoms with Gasteiger partial charge in [-0.05, 0) is 40.5 Å². The molecule has 108 valence electrons. The Bertz CT molecular complexity index is 588. The minimum atomic E-state index is 0.574. The van der Waals surface area contributed by atoms with Gasteiger partial charge in [-0.3, -0.25) is 9.98 Å². The third-order valence-corrected chi connectivity index (χ3v) is 2.97. The van der Waals surface area contributed by atoms with E-state index in [1.54, 1.807) is 14.1 Å². The molecule has 2 rings (SSSR count). The first kappa shape index (κ1) is 15.1. The normalized spacial score (nSPS) is 11.5. The molecule has 0 heterocycles. The highest BCUT2D eigenvalue weighted by Crippen LogP contribution is 2.11. The fourth-order valence-corrected chi connectivity index (χ4v) is 2.14. The molecule has 0 aliphatic rings. The summed E-state index contributed by atoms with van der Waals surface area (Å²) in [5.41, 5.74) is 4.43. The minimum absolute atomic E-state index is 0.574. The maximum atomic E-state index is 5.78. The fourth-order valence-electron chi connectivity index (χ4n) is 2.14. The average Bonchev–Trinajstić information content (AvgIpc) is 2.49. The molecular formula is C18H20N2O. The fraction of sp³-hybridized carbons (Fsp3) is 0.222. The monoisotopic (exact) mass is 280 g/mol. The zero-order valence-corrected chi connectivity index (χ0v) is 12.5. The van der Waals surface area contributed by atoms with E-state index in [-0.39, 0.29) is 0 Å². The second-order valence-electron chi connectivity index (χ2n) is 4.76. The number of hydrogen-bond acceptors (Lipinski definition) is 3. The Balaban J connectivity index is 2.04. The van der Waals surface area contributed by atoms with Crippen LogP contribution >= 0.6 is 0 Å². The van der Waals surface area contributed by atoms with E-state index in [1.165, 1.54) is 5.56 Å². The van der Waals surface area contributed by atoms with Gasteiger partial charge in [0.15, 0.2) is 0 Å². The lowest BCUT2D eigenvalue weighted by atomic mass is 10.1. The molecule has 0 radical (unpaired) electrons. The summed E-state index contributed by atoms with van der Waals surface area (Å²) in [5, 5.41) is 0. The quantitative estimate of drug-likeness (QED) is 0.746. The highest BCUT2D eigenvalue weighted by Gasteiger charge is 2.00. The van der Waals surface area contributed by atoms with Gasteiger partial charge >= 0.3 is 0 Å². The van der Waals surface area contributed by atoms with Crippen LogP contribution in [0.1, 0.15) is 22.3 Å². The van der Waals surface area contributed by atoms with Gasteiger partial charge in [0.1, 0.15) is 0 Å². The molecule has 0 aliphatic heterocycles. The van der Waals surface area contributed by atoms with Crippen LogP contribution in [-0.4, -0.2) is 26.5 Å². The second kappa shape index (κ2) is 8.12. The molecule has 2 aromatic carbocycles. The number of hydrogen-bond donors (Lipinski definition) is 0. The maximum absolute atomic E-state index is 5.78. The standard InChI is InChI=1S/C18H20N2O/c1-19-11-16-8-17(12-20-2)10-18(9-16)14-21-13-15-6-4-3-5-7-15/h3-12H,13-14H2,1-2H3. The van der Waals surface area contributed by atoms with Gasteiger partial charge < -0.3 is 4.74 Å². The molecule has 0 aromatic heterocycles. The van der Waals surface area contributed by atoms with Gasteiger partial charge in [0, 0.05) is 26.5 Å². The van der Waals surface area contributed by atoms with E-state index in [2.05, 4.69) is 40.3 Å². The number of nitrogens with zero attached hydrogens (tertiary/aromatic N) is 2. The number of rotatable bonds is 6. The lowest BCUT2D eigenvalue weighted by Crippen LogP contribution is -1.97.